The molecule has 5 heteroatoms. The number of benzene rings is 1. The average molecular weight is 203 g/mol. The molecule has 0 saturated heterocycles. The average Bonchev–Trinajstić information content (AvgIpc) is 2.30. The molecule has 0 spiro atoms. The van der Waals surface area contributed by atoms with Gasteiger partial charge in [0.2, 0.25) is 0 Å². The van der Waals surface area contributed by atoms with Gasteiger partial charge >= 0.3 is 0 Å². The maximum atomic E-state index is 10.6. The first-order valence-corrected chi connectivity index (χ1v) is 4.42. The molecule has 0 fully saturated rings. The summed E-state index contributed by atoms with van der Waals surface area (Å²) in [4.78, 5) is 14.8. The van der Waals surface area contributed by atoms with Gasteiger partial charge in [0.1, 0.15) is 5.52 Å². The summed E-state index contributed by atoms with van der Waals surface area (Å²) in [5.74, 6) is 0.284. The Labute approximate surface area is 86.1 Å². The fraction of sp³-hybridized carbons (Fsp3) is 0.200. The van der Waals surface area contributed by atoms with Crippen molar-refractivity contribution >= 4 is 17.3 Å². The molecule has 0 N–H and O–H groups in total. The van der Waals surface area contributed by atoms with Gasteiger partial charge in [-0.1, -0.05) is 12.1 Å². The first-order valence-electron chi connectivity index (χ1n) is 4.42. The zero-order valence-corrected chi connectivity index (χ0v) is 8.12. The van der Waals surface area contributed by atoms with Gasteiger partial charge in [-0.05, 0) is 12.1 Å². The van der Waals surface area contributed by atoms with Gasteiger partial charge in [-0.3, -0.25) is 4.79 Å². The van der Waals surface area contributed by atoms with Crippen molar-refractivity contribution in [2.45, 2.75) is 6.10 Å². The zero-order valence-electron chi connectivity index (χ0n) is 8.12. The summed E-state index contributed by atoms with van der Waals surface area (Å²) in [5.41, 5.74) is 1.40. The SMILES string of the molecule is COC(C=O)c1nnc2ccccc2n1. The number of aromatic nitrogens is 3. The molecule has 0 amide bonds. The van der Waals surface area contributed by atoms with E-state index in [9.17, 15) is 4.79 Å². The van der Waals surface area contributed by atoms with Crippen molar-refractivity contribution in [3.63, 3.8) is 0 Å². The van der Waals surface area contributed by atoms with E-state index in [0.29, 0.717) is 17.3 Å². The molecule has 1 atom stereocenters. The van der Waals surface area contributed by atoms with Crippen LogP contribution < -0.4 is 0 Å². The number of methoxy groups -OCH3 is 1. The molecule has 15 heavy (non-hydrogen) atoms. The van der Waals surface area contributed by atoms with Crippen molar-refractivity contribution in [1.29, 1.82) is 0 Å². The van der Waals surface area contributed by atoms with Crippen LogP contribution in [0.5, 0.6) is 0 Å². The van der Waals surface area contributed by atoms with Crippen LogP contribution in [0.2, 0.25) is 0 Å². The van der Waals surface area contributed by atoms with Crippen molar-refractivity contribution in [3.8, 4) is 0 Å². The van der Waals surface area contributed by atoms with Gasteiger partial charge in [0.25, 0.3) is 0 Å². The number of para-hydroxylation sites is 1. The van der Waals surface area contributed by atoms with Crippen LogP contribution in [0.3, 0.4) is 0 Å². The summed E-state index contributed by atoms with van der Waals surface area (Å²) >= 11 is 0. The second kappa shape index (κ2) is 4.10. The van der Waals surface area contributed by atoms with Crippen LogP contribution in [0.15, 0.2) is 24.3 Å². The summed E-state index contributed by atoms with van der Waals surface area (Å²) in [6.07, 6.45) is -0.103. The molecule has 1 aromatic carbocycles. The zero-order chi connectivity index (χ0) is 10.7. The van der Waals surface area contributed by atoms with Gasteiger partial charge in [0.05, 0.1) is 5.52 Å². The number of carbonyl (C=O) groups excluding carboxylic acids is 1. The maximum Gasteiger partial charge on any atom is 0.187 e. The van der Waals surface area contributed by atoms with E-state index in [1.54, 1.807) is 0 Å². The summed E-state index contributed by atoms with van der Waals surface area (Å²) in [7, 11) is 1.43. The number of aldehydes is 1. The van der Waals surface area contributed by atoms with Gasteiger partial charge in [-0.2, -0.15) is 0 Å². The Morgan fingerprint density at radius 3 is 2.67 bits per heavy atom. The number of rotatable bonds is 3. The van der Waals surface area contributed by atoms with Crippen molar-refractivity contribution < 1.29 is 9.53 Å². The molecule has 76 valence electrons. The molecule has 1 unspecified atom stereocenters. The highest BCUT2D eigenvalue weighted by molar-refractivity contribution is 5.73. The minimum absolute atomic E-state index is 0.284. The highest BCUT2D eigenvalue weighted by Crippen LogP contribution is 2.12. The van der Waals surface area contributed by atoms with E-state index >= 15 is 0 Å². The van der Waals surface area contributed by atoms with Gasteiger partial charge < -0.3 is 4.74 Å². The van der Waals surface area contributed by atoms with Crippen LogP contribution >= 0.6 is 0 Å². The van der Waals surface area contributed by atoms with E-state index in [2.05, 4.69) is 15.2 Å². The molecule has 0 aliphatic heterocycles. The molecule has 5 nitrogen and oxygen atoms in total. The van der Waals surface area contributed by atoms with E-state index < -0.39 is 6.10 Å². The molecule has 0 radical (unpaired) electrons. The Morgan fingerprint density at radius 1 is 1.27 bits per heavy atom. The van der Waals surface area contributed by atoms with Gasteiger partial charge in [-0.15, -0.1) is 10.2 Å². The number of nitrogens with zero attached hydrogens (tertiary/aromatic N) is 3. The summed E-state index contributed by atoms with van der Waals surface area (Å²) in [5, 5.41) is 7.78. The van der Waals surface area contributed by atoms with Crippen LogP contribution in [-0.4, -0.2) is 28.6 Å². The molecule has 1 heterocycles. The molecular formula is C10H9N3O2. The van der Waals surface area contributed by atoms with E-state index in [0.717, 1.165) is 0 Å². The Balaban J connectivity index is 2.50. The fourth-order valence-electron chi connectivity index (χ4n) is 1.24. The molecule has 2 aromatic rings. The smallest absolute Gasteiger partial charge is 0.187 e. The van der Waals surface area contributed by atoms with Crippen LogP contribution in [0, 0.1) is 0 Å². The van der Waals surface area contributed by atoms with Gasteiger partial charge in [0.15, 0.2) is 18.2 Å². The lowest BCUT2D eigenvalue weighted by Gasteiger charge is -2.05. The number of carbonyl (C=O) groups is 1. The second-order valence-corrected chi connectivity index (χ2v) is 2.95. The quantitative estimate of drug-likeness (QED) is 0.694. The molecule has 0 bridgehead atoms. The van der Waals surface area contributed by atoms with E-state index in [1.165, 1.54) is 7.11 Å². The minimum atomic E-state index is -0.748. The highest BCUT2D eigenvalue weighted by Gasteiger charge is 2.13. The van der Waals surface area contributed by atoms with Crippen molar-refractivity contribution in [2.75, 3.05) is 7.11 Å². The first-order chi connectivity index (χ1) is 7.35. The lowest BCUT2D eigenvalue weighted by Crippen LogP contribution is -2.09. The Hall–Kier alpha value is -1.88. The van der Waals surface area contributed by atoms with Crippen LogP contribution in [0.1, 0.15) is 11.9 Å². The van der Waals surface area contributed by atoms with Crippen LogP contribution in [-0.2, 0) is 9.53 Å². The van der Waals surface area contributed by atoms with Crippen LogP contribution in [0.25, 0.3) is 11.0 Å². The van der Waals surface area contributed by atoms with E-state index in [4.69, 9.17) is 4.74 Å². The van der Waals surface area contributed by atoms with E-state index in [1.807, 2.05) is 24.3 Å². The molecule has 1 aromatic heterocycles. The Kier molecular flexibility index (Phi) is 2.64. The minimum Gasteiger partial charge on any atom is -0.366 e. The fourth-order valence-corrected chi connectivity index (χ4v) is 1.24. The molecule has 0 aliphatic carbocycles. The van der Waals surface area contributed by atoms with Gasteiger partial charge in [0, 0.05) is 7.11 Å². The lowest BCUT2D eigenvalue weighted by molar-refractivity contribution is -0.117. The van der Waals surface area contributed by atoms with Crippen molar-refractivity contribution in [1.82, 2.24) is 15.2 Å². The lowest BCUT2D eigenvalue weighted by atomic mass is 10.3. The highest BCUT2D eigenvalue weighted by atomic mass is 16.5. The van der Waals surface area contributed by atoms with Crippen molar-refractivity contribution in [3.05, 3.63) is 30.1 Å². The maximum absolute atomic E-state index is 10.6. The molecular weight excluding hydrogens is 194 g/mol. The monoisotopic (exact) mass is 203 g/mol. The second-order valence-electron chi connectivity index (χ2n) is 2.95. The third-order valence-corrected chi connectivity index (χ3v) is 2.01. The summed E-state index contributed by atoms with van der Waals surface area (Å²) in [6.45, 7) is 0. The number of fused-ring (bicyclic) bond motifs is 1. The van der Waals surface area contributed by atoms with Crippen molar-refractivity contribution in [2.24, 2.45) is 0 Å². The normalized spacial score (nSPS) is 12.6. The third kappa shape index (κ3) is 1.82. The number of ether oxygens (including phenoxy) is 1. The largest absolute Gasteiger partial charge is 0.366 e. The molecule has 2 rings (SSSR count). The predicted molar refractivity (Wildman–Crippen MR) is 53.1 cm³/mol. The number of hydrogen-bond donors (Lipinski definition) is 0. The first kappa shape index (κ1) is 9.67. The summed E-state index contributed by atoms with van der Waals surface area (Å²) < 4.78 is 4.90. The Morgan fingerprint density at radius 2 is 2.00 bits per heavy atom. The predicted octanol–water partition coefficient (Wildman–Crippen LogP) is 0.911. The Bertz CT molecular complexity index is 487. The number of hydrogen-bond acceptors (Lipinski definition) is 5. The topological polar surface area (TPSA) is 65.0 Å². The third-order valence-electron chi connectivity index (χ3n) is 2.01. The standard InChI is InChI=1S/C10H9N3O2/c1-15-9(6-14)10-11-7-4-2-3-5-8(7)12-13-10/h2-6,9H,1H3. The molecule has 0 aliphatic rings. The van der Waals surface area contributed by atoms with Crippen LogP contribution in [0.4, 0.5) is 0 Å². The van der Waals surface area contributed by atoms with Gasteiger partial charge in [-0.25, -0.2) is 4.98 Å². The molecule has 0 saturated carbocycles. The summed E-state index contributed by atoms with van der Waals surface area (Å²) in [6, 6.07) is 7.32. The van der Waals surface area contributed by atoms with E-state index in [-0.39, 0.29) is 5.82 Å².